The monoisotopic (exact) mass is 315 g/mol. The van der Waals surface area contributed by atoms with Gasteiger partial charge in [0.25, 0.3) is 5.56 Å². The van der Waals surface area contributed by atoms with E-state index in [1.54, 1.807) is 17.2 Å². The highest BCUT2D eigenvalue weighted by Gasteiger charge is 2.33. The lowest BCUT2D eigenvalue weighted by Gasteiger charge is -2.41. The van der Waals surface area contributed by atoms with Gasteiger partial charge in [0.15, 0.2) is 0 Å². The summed E-state index contributed by atoms with van der Waals surface area (Å²) in [7, 11) is 0. The quantitative estimate of drug-likeness (QED) is 0.841. The third kappa shape index (κ3) is 3.27. The normalized spacial score (nSPS) is 20.7. The molecule has 2 aromatic rings. The molecule has 1 aliphatic heterocycles. The molecule has 0 spiro atoms. The Morgan fingerprint density at radius 3 is 2.87 bits per heavy atom. The molecule has 1 atom stereocenters. The van der Waals surface area contributed by atoms with Gasteiger partial charge in [0.05, 0.1) is 23.3 Å². The molecule has 1 aliphatic rings. The number of benzene rings is 1. The molecule has 122 valence electrons. The number of carbonyl (C=O) groups excluding carboxylic acids is 1. The van der Waals surface area contributed by atoms with Crippen LogP contribution in [0.5, 0.6) is 0 Å². The molecule has 3 rings (SSSR count). The molecule has 6 heteroatoms. The highest BCUT2D eigenvalue weighted by Crippen LogP contribution is 2.20. The Hall–Kier alpha value is -2.21. The summed E-state index contributed by atoms with van der Waals surface area (Å²) in [6.07, 6.45) is 1.60. The van der Waals surface area contributed by atoms with Gasteiger partial charge in [-0.05, 0) is 26.8 Å². The maximum atomic E-state index is 12.6. The molecule has 23 heavy (non-hydrogen) atoms. The van der Waals surface area contributed by atoms with Crippen LogP contribution < -0.4 is 5.56 Å². The molecule has 1 amide bonds. The van der Waals surface area contributed by atoms with Crippen LogP contribution in [0.4, 0.5) is 0 Å². The first-order valence-electron chi connectivity index (χ1n) is 7.76. The van der Waals surface area contributed by atoms with Gasteiger partial charge in [-0.3, -0.25) is 9.59 Å². The second-order valence-corrected chi connectivity index (χ2v) is 6.66. The van der Waals surface area contributed by atoms with E-state index in [2.05, 4.69) is 5.10 Å². The van der Waals surface area contributed by atoms with Gasteiger partial charge in [0.1, 0.15) is 6.54 Å². The Morgan fingerprint density at radius 1 is 1.39 bits per heavy atom. The molecule has 1 unspecified atom stereocenters. The van der Waals surface area contributed by atoms with E-state index in [0.29, 0.717) is 18.5 Å². The summed E-state index contributed by atoms with van der Waals surface area (Å²) in [6, 6.07) is 7.25. The van der Waals surface area contributed by atoms with Crippen LogP contribution in [0.3, 0.4) is 0 Å². The second-order valence-electron chi connectivity index (χ2n) is 6.66. The first-order chi connectivity index (χ1) is 10.9. The predicted molar refractivity (Wildman–Crippen MR) is 87.2 cm³/mol. The van der Waals surface area contributed by atoms with Gasteiger partial charge in [-0.2, -0.15) is 5.10 Å². The van der Waals surface area contributed by atoms with Crippen LogP contribution in [0.25, 0.3) is 10.8 Å². The Kier molecular flexibility index (Phi) is 3.93. The summed E-state index contributed by atoms with van der Waals surface area (Å²) in [4.78, 5) is 26.8. The summed E-state index contributed by atoms with van der Waals surface area (Å²) in [5.41, 5.74) is -0.619. The maximum absolute atomic E-state index is 12.6. The Morgan fingerprint density at radius 2 is 2.13 bits per heavy atom. The fourth-order valence-corrected chi connectivity index (χ4v) is 3.11. The van der Waals surface area contributed by atoms with Crippen LogP contribution in [-0.2, 0) is 16.1 Å². The van der Waals surface area contributed by atoms with Crippen LogP contribution >= 0.6 is 0 Å². The van der Waals surface area contributed by atoms with E-state index in [-0.39, 0.29) is 29.7 Å². The number of amides is 1. The number of carbonyl (C=O) groups is 1. The van der Waals surface area contributed by atoms with E-state index < -0.39 is 0 Å². The summed E-state index contributed by atoms with van der Waals surface area (Å²) < 4.78 is 7.04. The minimum Gasteiger partial charge on any atom is -0.369 e. The van der Waals surface area contributed by atoms with E-state index in [1.807, 2.05) is 39.0 Å². The third-order valence-corrected chi connectivity index (χ3v) is 3.97. The maximum Gasteiger partial charge on any atom is 0.275 e. The van der Waals surface area contributed by atoms with Crippen molar-refractivity contribution in [3.63, 3.8) is 0 Å². The molecule has 0 aliphatic carbocycles. The molecule has 0 radical (unpaired) electrons. The highest BCUT2D eigenvalue weighted by atomic mass is 16.5. The molecule has 2 heterocycles. The van der Waals surface area contributed by atoms with Crippen LogP contribution in [0.2, 0.25) is 0 Å². The number of ether oxygens (including phenoxy) is 1. The average Bonchev–Trinajstić information content (AvgIpc) is 2.48. The van der Waals surface area contributed by atoms with E-state index >= 15 is 0 Å². The number of hydrogen-bond donors (Lipinski definition) is 0. The van der Waals surface area contributed by atoms with Crippen molar-refractivity contribution >= 4 is 16.7 Å². The molecule has 6 nitrogen and oxygen atoms in total. The van der Waals surface area contributed by atoms with Gasteiger partial charge in [0, 0.05) is 18.5 Å². The van der Waals surface area contributed by atoms with Gasteiger partial charge in [0.2, 0.25) is 5.91 Å². The van der Waals surface area contributed by atoms with Crippen LogP contribution in [0.1, 0.15) is 20.8 Å². The van der Waals surface area contributed by atoms with Gasteiger partial charge in [-0.25, -0.2) is 4.68 Å². The smallest absolute Gasteiger partial charge is 0.275 e. The number of hydrogen-bond acceptors (Lipinski definition) is 4. The van der Waals surface area contributed by atoms with Crippen LogP contribution in [0, 0.1) is 0 Å². The molecule has 0 N–H and O–H groups in total. The molecule has 1 saturated heterocycles. The zero-order valence-electron chi connectivity index (χ0n) is 13.7. The zero-order valence-corrected chi connectivity index (χ0v) is 13.7. The van der Waals surface area contributed by atoms with Crippen molar-refractivity contribution < 1.29 is 9.53 Å². The van der Waals surface area contributed by atoms with Crippen molar-refractivity contribution in [2.75, 3.05) is 13.1 Å². The standard InChI is InChI=1S/C17H21N3O3/c1-12-9-19(11-17(2,3)23-12)15(21)10-20-16(22)14-7-5-4-6-13(14)8-18-20/h4-8,12H,9-11H2,1-3H3. The number of fused-ring (bicyclic) bond motifs is 1. The van der Waals surface area contributed by atoms with E-state index in [9.17, 15) is 9.59 Å². The number of rotatable bonds is 2. The molecular formula is C17H21N3O3. The van der Waals surface area contributed by atoms with Crippen LogP contribution in [-0.4, -0.2) is 45.4 Å². The lowest BCUT2D eigenvalue weighted by molar-refractivity contribution is -0.158. The average molecular weight is 315 g/mol. The van der Waals surface area contributed by atoms with E-state index in [1.165, 1.54) is 4.68 Å². The van der Waals surface area contributed by atoms with Gasteiger partial charge in [-0.1, -0.05) is 18.2 Å². The van der Waals surface area contributed by atoms with Crippen molar-refractivity contribution in [1.82, 2.24) is 14.7 Å². The summed E-state index contributed by atoms with van der Waals surface area (Å²) >= 11 is 0. The lowest BCUT2D eigenvalue weighted by Crippen LogP contribution is -2.54. The van der Waals surface area contributed by atoms with E-state index in [4.69, 9.17) is 4.74 Å². The van der Waals surface area contributed by atoms with Crippen molar-refractivity contribution in [1.29, 1.82) is 0 Å². The molecular weight excluding hydrogens is 294 g/mol. The van der Waals surface area contributed by atoms with Crippen molar-refractivity contribution in [3.8, 4) is 0 Å². The number of morpholine rings is 1. The first kappa shape index (κ1) is 15.7. The molecule has 1 aromatic carbocycles. The van der Waals surface area contributed by atoms with Crippen LogP contribution in [0.15, 0.2) is 35.3 Å². The minimum atomic E-state index is -0.380. The van der Waals surface area contributed by atoms with E-state index in [0.717, 1.165) is 5.39 Å². The zero-order chi connectivity index (χ0) is 16.6. The second kappa shape index (κ2) is 5.77. The van der Waals surface area contributed by atoms with Crippen molar-refractivity contribution in [2.45, 2.75) is 39.0 Å². The SMILES string of the molecule is CC1CN(C(=O)Cn2ncc3ccccc3c2=O)CC(C)(C)O1. The highest BCUT2D eigenvalue weighted by molar-refractivity contribution is 5.81. The fourth-order valence-electron chi connectivity index (χ4n) is 3.11. The predicted octanol–water partition coefficient (Wildman–Crippen LogP) is 1.42. The molecule has 1 fully saturated rings. The minimum absolute atomic E-state index is 0.0241. The number of nitrogens with zero attached hydrogens (tertiary/aromatic N) is 3. The van der Waals surface area contributed by atoms with Gasteiger partial charge in [-0.15, -0.1) is 0 Å². The largest absolute Gasteiger partial charge is 0.369 e. The Labute approximate surface area is 134 Å². The number of aromatic nitrogens is 2. The lowest BCUT2D eigenvalue weighted by atomic mass is 10.1. The first-order valence-corrected chi connectivity index (χ1v) is 7.76. The molecule has 0 bridgehead atoms. The molecule has 0 saturated carbocycles. The Balaban J connectivity index is 1.83. The Bertz CT molecular complexity index is 797. The van der Waals surface area contributed by atoms with Crippen molar-refractivity contribution in [3.05, 3.63) is 40.8 Å². The van der Waals surface area contributed by atoms with Gasteiger partial charge >= 0.3 is 0 Å². The summed E-state index contributed by atoms with van der Waals surface area (Å²) in [5, 5.41) is 5.48. The molecule has 1 aromatic heterocycles. The van der Waals surface area contributed by atoms with Gasteiger partial charge < -0.3 is 9.64 Å². The summed E-state index contributed by atoms with van der Waals surface area (Å²) in [5.74, 6) is -0.113. The fraction of sp³-hybridized carbons (Fsp3) is 0.471. The topological polar surface area (TPSA) is 64.4 Å². The summed E-state index contributed by atoms with van der Waals surface area (Å²) in [6.45, 7) is 6.87. The van der Waals surface area contributed by atoms with Crippen molar-refractivity contribution in [2.24, 2.45) is 0 Å². The third-order valence-electron chi connectivity index (χ3n) is 3.97.